The second-order valence-corrected chi connectivity index (χ2v) is 2.87. The van der Waals surface area contributed by atoms with Gasteiger partial charge < -0.3 is 5.32 Å². The van der Waals surface area contributed by atoms with E-state index in [2.05, 4.69) is 34.3 Å². The van der Waals surface area contributed by atoms with Crippen LogP contribution in [0.15, 0.2) is 0 Å². The first-order valence-electron chi connectivity index (χ1n) is 3.79. The first-order chi connectivity index (χ1) is 5.18. The topological polar surface area (TPSA) is 53.6 Å². The molecule has 62 valence electrons. The number of nitrogens with one attached hydrogen (secondary N) is 2. The van der Waals surface area contributed by atoms with Crippen molar-refractivity contribution in [2.75, 3.05) is 0 Å². The molecule has 1 rings (SSSR count). The largest absolute Gasteiger partial charge is 0.308 e. The fourth-order valence-corrected chi connectivity index (χ4v) is 0.763. The second-order valence-electron chi connectivity index (χ2n) is 2.87. The lowest BCUT2D eigenvalue weighted by Crippen LogP contribution is -2.22. The minimum atomic E-state index is 0.480. The number of hydrogen-bond acceptors (Lipinski definition) is 3. The fraction of sp³-hybridized carbons (Fsp3) is 0.714. The highest BCUT2D eigenvalue weighted by Gasteiger charge is 1.99. The van der Waals surface area contributed by atoms with Crippen LogP contribution in [0.2, 0.25) is 0 Å². The van der Waals surface area contributed by atoms with Crippen LogP contribution in [0.25, 0.3) is 0 Å². The van der Waals surface area contributed by atoms with Gasteiger partial charge >= 0.3 is 0 Å². The number of aromatic nitrogens is 3. The van der Waals surface area contributed by atoms with Crippen LogP contribution in [0, 0.1) is 6.92 Å². The summed E-state index contributed by atoms with van der Waals surface area (Å²) in [7, 11) is 0. The van der Waals surface area contributed by atoms with Crippen LogP contribution >= 0.6 is 0 Å². The Morgan fingerprint density at radius 1 is 1.55 bits per heavy atom. The molecule has 11 heavy (non-hydrogen) atoms. The molecule has 1 aromatic rings. The minimum absolute atomic E-state index is 0.480. The van der Waals surface area contributed by atoms with E-state index >= 15 is 0 Å². The first-order valence-corrected chi connectivity index (χ1v) is 3.79. The van der Waals surface area contributed by atoms with Gasteiger partial charge in [-0.3, -0.25) is 5.10 Å². The van der Waals surface area contributed by atoms with Crippen molar-refractivity contribution >= 4 is 0 Å². The van der Waals surface area contributed by atoms with Gasteiger partial charge in [0, 0.05) is 6.04 Å². The van der Waals surface area contributed by atoms with Crippen molar-refractivity contribution in [1.82, 2.24) is 20.5 Å². The number of aryl methyl sites for hydroxylation is 1. The van der Waals surface area contributed by atoms with E-state index in [1.165, 1.54) is 0 Å². The Balaban J connectivity index is 2.39. The zero-order chi connectivity index (χ0) is 8.27. The third kappa shape index (κ3) is 2.67. The van der Waals surface area contributed by atoms with Gasteiger partial charge in [0.2, 0.25) is 0 Å². The molecule has 0 aliphatic heterocycles. The van der Waals surface area contributed by atoms with Crippen LogP contribution in [0.1, 0.15) is 25.5 Å². The Hall–Kier alpha value is -0.900. The number of rotatable bonds is 3. The monoisotopic (exact) mass is 154 g/mol. The van der Waals surface area contributed by atoms with Crippen LogP contribution in [0.3, 0.4) is 0 Å². The van der Waals surface area contributed by atoms with Crippen molar-refractivity contribution in [3.63, 3.8) is 0 Å². The third-order valence-electron chi connectivity index (χ3n) is 1.31. The Morgan fingerprint density at radius 3 is 2.73 bits per heavy atom. The predicted octanol–water partition coefficient (Wildman–Crippen LogP) is 0.611. The van der Waals surface area contributed by atoms with Crippen LogP contribution in [-0.4, -0.2) is 21.2 Å². The zero-order valence-corrected chi connectivity index (χ0v) is 7.18. The van der Waals surface area contributed by atoms with Gasteiger partial charge in [-0.1, -0.05) is 13.8 Å². The number of H-pyrrole nitrogens is 1. The molecule has 0 aliphatic carbocycles. The normalized spacial score (nSPS) is 10.9. The van der Waals surface area contributed by atoms with Crippen LogP contribution < -0.4 is 5.32 Å². The molecule has 0 aliphatic rings. The molecule has 4 nitrogen and oxygen atoms in total. The van der Waals surface area contributed by atoms with Crippen molar-refractivity contribution in [3.05, 3.63) is 11.6 Å². The van der Waals surface area contributed by atoms with E-state index in [-0.39, 0.29) is 0 Å². The number of nitrogens with zero attached hydrogens (tertiary/aromatic N) is 2. The molecule has 1 aromatic heterocycles. The molecule has 0 radical (unpaired) electrons. The summed E-state index contributed by atoms with van der Waals surface area (Å²) in [6.45, 7) is 6.83. The van der Waals surface area contributed by atoms with Crippen LogP contribution in [-0.2, 0) is 6.54 Å². The summed E-state index contributed by atoms with van der Waals surface area (Å²) >= 11 is 0. The van der Waals surface area contributed by atoms with Gasteiger partial charge in [0.1, 0.15) is 5.82 Å². The predicted molar refractivity (Wildman–Crippen MR) is 43.1 cm³/mol. The van der Waals surface area contributed by atoms with E-state index in [1.807, 2.05) is 6.92 Å². The maximum atomic E-state index is 4.15. The fourth-order valence-electron chi connectivity index (χ4n) is 0.763. The molecule has 0 saturated heterocycles. The van der Waals surface area contributed by atoms with Gasteiger partial charge in [0.25, 0.3) is 0 Å². The Morgan fingerprint density at radius 2 is 2.27 bits per heavy atom. The Kier molecular flexibility index (Phi) is 2.59. The van der Waals surface area contributed by atoms with Crippen molar-refractivity contribution < 1.29 is 0 Å². The molecular formula is C7H14N4. The maximum Gasteiger partial charge on any atom is 0.164 e. The third-order valence-corrected chi connectivity index (χ3v) is 1.31. The second kappa shape index (κ2) is 3.48. The lowest BCUT2D eigenvalue weighted by Gasteiger charge is -2.03. The summed E-state index contributed by atoms with van der Waals surface area (Å²) in [5, 5.41) is 10.0. The summed E-state index contributed by atoms with van der Waals surface area (Å²) in [5.74, 6) is 1.70. The van der Waals surface area contributed by atoms with E-state index < -0.39 is 0 Å². The van der Waals surface area contributed by atoms with E-state index in [0.717, 1.165) is 18.2 Å². The molecule has 0 saturated carbocycles. The molecule has 0 spiro atoms. The van der Waals surface area contributed by atoms with Crippen molar-refractivity contribution in [2.45, 2.75) is 33.4 Å². The lowest BCUT2D eigenvalue weighted by atomic mass is 10.4. The molecule has 2 N–H and O–H groups in total. The summed E-state index contributed by atoms with van der Waals surface area (Å²) < 4.78 is 0. The SMILES string of the molecule is Cc1nc(CNC(C)C)n[nH]1. The van der Waals surface area contributed by atoms with E-state index in [9.17, 15) is 0 Å². The lowest BCUT2D eigenvalue weighted by molar-refractivity contribution is 0.573. The van der Waals surface area contributed by atoms with Gasteiger partial charge in [-0.25, -0.2) is 4.98 Å². The summed E-state index contributed by atoms with van der Waals surface area (Å²) in [4.78, 5) is 4.15. The standard InChI is InChI=1S/C7H14N4/c1-5(2)8-4-7-9-6(3)10-11-7/h5,8H,4H2,1-3H3,(H,9,10,11). The van der Waals surface area contributed by atoms with Crippen molar-refractivity contribution in [1.29, 1.82) is 0 Å². The summed E-state index contributed by atoms with van der Waals surface area (Å²) in [5.41, 5.74) is 0. The molecule has 0 unspecified atom stereocenters. The molecule has 0 atom stereocenters. The van der Waals surface area contributed by atoms with Gasteiger partial charge in [-0.2, -0.15) is 5.10 Å². The van der Waals surface area contributed by atoms with Crippen LogP contribution in [0.5, 0.6) is 0 Å². The highest BCUT2D eigenvalue weighted by molar-refractivity contribution is 4.86. The average Bonchev–Trinajstić information content (AvgIpc) is 2.31. The van der Waals surface area contributed by atoms with Gasteiger partial charge in [-0.15, -0.1) is 0 Å². The van der Waals surface area contributed by atoms with E-state index in [0.29, 0.717) is 6.04 Å². The van der Waals surface area contributed by atoms with E-state index in [1.54, 1.807) is 0 Å². The number of hydrogen-bond donors (Lipinski definition) is 2. The highest BCUT2D eigenvalue weighted by Crippen LogP contribution is 1.90. The van der Waals surface area contributed by atoms with Crippen molar-refractivity contribution in [3.8, 4) is 0 Å². The smallest absolute Gasteiger partial charge is 0.164 e. The minimum Gasteiger partial charge on any atom is -0.308 e. The summed E-state index contributed by atoms with van der Waals surface area (Å²) in [6, 6.07) is 0.480. The van der Waals surface area contributed by atoms with Crippen LogP contribution in [0.4, 0.5) is 0 Å². The number of aromatic amines is 1. The molecule has 4 heteroatoms. The summed E-state index contributed by atoms with van der Waals surface area (Å²) in [6.07, 6.45) is 0. The molecule has 0 amide bonds. The molecule has 0 bridgehead atoms. The van der Waals surface area contributed by atoms with E-state index in [4.69, 9.17) is 0 Å². The van der Waals surface area contributed by atoms with Crippen molar-refractivity contribution in [2.24, 2.45) is 0 Å². The molecular weight excluding hydrogens is 140 g/mol. The Bertz CT molecular complexity index is 216. The molecule has 0 aromatic carbocycles. The first kappa shape index (κ1) is 8.20. The van der Waals surface area contributed by atoms with Gasteiger partial charge in [0.15, 0.2) is 5.82 Å². The molecule has 1 heterocycles. The molecule has 0 fully saturated rings. The maximum absolute atomic E-state index is 4.15. The van der Waals surface area contributed by atoms with Gasteiger partial charge in [0.05, 0.1) is 6.54 Å². The van der Waals surface area contributed by atoms with Gasteiger partial charge in [-0.05, 0) is 6.92 Å². The Labute approximate surface area is 66.4 Å². The zero-order valence-electron chi connectivity index (χ0n) is 7.18. The quantitative estimate of drug-likeness (QED) is 0.670. The average molecular weight is 154 g/mol. The highest BCUT2D eigenvalue weighted by atomic mass is 15.2.